The van der Waals surface area contributed by atoms with E-state index in [4.69, 9.17) is 10.6 Å². The van der Waals surface area contributed by atoms with Gasteiger partial charge in [-0.3, -0.25) is 4.98 Å². The number of pyridine rings is 1. The third kappa shape index (κ3) is 1.81. The molecule has 1 heterocycles. The van der Waals surface area contributed by atoms with E-state index in [1.54, 1.807) is 6.92 Å². The van der Waals surface area contributed by atoms with Crippen LogP contribution >= 0.6 is 0 Å². The summed E-state index contributed by atoms with van der Waals surface area (Å²) in [6.07, 6.45) is 1.48. The summed E-state index contributed by atoms with van der Waals surface area (Å²) in [5, 5.41) is 21.6. The van der Waals surface area contributed by atoms with E-state index in [0.717, 1.165) is 0 Å². The Labute approximate surface area is 75.6 Å². The molecule has 0 aliphatic rings. The molecule has 0 fully saturated rings. The predicted molar refractivity (Wildman–Crippen MR) is 45.4 cm³/mol. The van der Waals surface area contributed by atoms with Gasteiger partial charge in [-0.2, -0.15) is 5.11 Å². The Balaban J connectivity index is 3.23. The lowest BCUT2D eigenvalue weighted by molar-refractivity contribution is 0.279. The number of aryl methyl sites for hydroxylation is 1. The van der Waals surface area contributed by atoms with E-state index in [1.165, 1.54) is 6.20 Å². The van der Waals surface area contributed by atoms with Crippen LogP contribution in [0.1, 0.15) is 16.8 Å². The topological polar surface area (TPSA) is 89.6 Å². The van der Waals surface area contributed by atoms with Crippen LogP contribution in [-0.4, -0.2) is 15.2 Å². The molecule has 0 radical (unpaired) electrons. The number of nitrogens with one attached hydrogen (secondary N) is 1. The molecule has 1 aromatic heterocycles. The molecule has 3 N–H and O–H groups in total. The Morgan fingerprint density at radius 1 is 1.62 bits per heavy atom. The van der Waals surface area contributed by atoms with Crippen LogP contribution in [0.25, 0.3) is 0 Å². The van der Waals surface area contributed by atoms with Crippen molar-refractivity contribution in [1.82, 2.24) is 4.98 Å². The number of aliphatic hydroxyl groups excluding tert-OH is 1. The van der Waals surface area contributed by atoms with Gasteiger partial charge in [0.05, 0.1) is 18.8 Å². The molecule has 0 saturated carbocycles. The Kier molecular flexibility index (Phi) is 2.92. The highest BCUT2D eigenvalue weighted by molar-refractivity contribution is 5.40. The van der Waals surface area contributed by atoms with Crippen LogP contribution in [0, 0.1) is 12.5 Å². The van der Waals surface area contributed by atoms with Crippen LogP contribution in [0.5, 0.6) is 5.75 Å². The van der Waals surface area contributed by atoms with Crippen molar-refractivity contribution in [3.63, 3.8) is 0 Å². The summed E-state index contributed by atoms with van der Waals surface area (Å²) in [5.41, 5.74) is 8.16. The Hall–Kier alpha value is -1.49. The summed E-state index contributed by atoms with van der Waals surface area (Å²) < 4.78 is 0. The molecule has 5 heteroatoms. The molecule has 0 saturated heterocycles. The van der Waals surface area contributed by atoms with Crippen molar-refractivity contribution in [2.24, 2.45) is 5.11 Å². The maximum absolute atomic E-state index is 9.52. The first kappa shape index (κ1) is 9.60. The zero-order valence-corrected chi connectivity index (χ0v) is 7.28. The lowest BCUT2D eigenvalue weighted by Gasteiger charge is -2.07. The minimum absolute atomic E-state index is 0.0163. The minimum atomic E-state index is -0.203. The highest BCUT2D eigenvalue weighted by Crippen LogP contribution is 2.24. The van der Waals surface area contributed by atoms with Gasteiger partial charge in [-0.05, 0) is 6.92 Å². The first-order valence-corrected chi connectivity index (χ1v) is 3.81. The lowest BCUT2D eigenvalue weighted by atomic mass is 10.1. The van der Waals surface area contributed by atoms with Crippen LogP contribution < -0.4 is 0 Å². The fourth-order valence-corrected chi connectivity index (χ4v) is 1.08. The smallest absolute Gasteiger partial charge is 0.142 e. The molecule has 0 amide bonds. The Morgan fingerprint density at radius 3 is 2.85 bits per heavy atom. The van der Waals surface area contributed by atoms with Crippen LogP contribution in [0.15, 0.2) is 11.3 Å². The van der Waals surface area contributed by atoms with E-state index >= 15 is 0 Å². The number of hydrogen-bond acceptors (Lipinski definition) is 5. The second-order valence-electron chi connectivity index (χ2n) is 2.67. The normalized spacial score (nSPS) is 10.0. The second kappa shape index (κ2) is 3.95. The highest BCUT2D eigenvalue weighted by Gasteiger charge is 2.10. The quantitative estimate of drug-likeness (QED) is 0.610. The molecule has 0 aliphatic heterocycles. The lowest BCUT2D eigenvalue weighted by Crippen LogP contribution is -1.97. The van der Waals surface area contributed by atoms with Gasteiger partial charge in [0.25, 0.3) is 0 Å². The van der Waals surface area contributed by atoms with Crippen molar-refractivity contribution in [2.45, 2.75) is 20.1 Å². The highest BCUT2D eigenvalue weighted by atomic mass is 16.3. The largest absolute Gasteiger partial charge is 0.506 e. The van der Waals surface area contributed by atoms with Crippen LogP contribution in [0.3, 0.4) is 0 Å². The van der Waals surface area contributed by atoms with Crippen molar-refractivity contribution in [3.05, 3.63) is 23.0 Å². The summed E-state index contributed by atoms with van der Waals surface area (Å²) in [6, 6.07) is 0. The van der Waals surface area contributed by atoms with Crippen molar-refractivity contribution in [1.29, 1.82) is 5.53 Å². The minimum Gasteiger partial charge on any atom is -0.506 e. The van der Waals surface area contributed by atoms with Crippen molar-refractivity contribution in [3.8, 4) is 5.75 Å². The fraction of sp³-hybridized carbons (Fsp3) is 0.375. The van der Waals surface area contributed by atoms with Gasteiger partial charge in [-0.1, -0.05) is 0 Å². The number of aromatic nitrogens is 1. The molecule has 1 rings (SSSR count). The van der Waals surface area contributed by atoms with Gasteiger partial charge >= 0.3 is 0 Å². The van der Waals surface area contributed by atoms with Crippen molar-refractivity contribution in [2.75, 3.05) is 0 Å². The van der Waals surface area contributed by atoms with E-state index in [9.17, 15) is 5.11 Å². The molecule has 0 atom stereocenters. The summed E-state index contributed by atoms with van der Waals surface area (Å²) in [7, 11) is 0. The zero-order chi connectivity index (χ0) is 9.84. The van der Waals surface area contributed by atoms with E-state index in [0.29, 0.717) is 16.8 Å². The number of hydrogen-bond donors (Lipinski definition) is 3. The van der Waals surface area contributed by atoms with Gasteiger partial charge in [0, 0.05) is 17.3 Å². The van der Waals surface area contributed by atoms with Crippen molar-refractivity contribution >= 4 is 0 Å². The molecule has 13 heavy (non-hydrogen) atoms. The molecule has 0 aromatic carbocycles. The zero-order valence-electron chi connectivity index (χ0n) is 7.28. The Bertz CT molecular complexity index is 325. The average molecular weight is 181 g/mol. The van der Waals surface area contributed by atoms with E-state index in [1.807, 2.05) is 0 Å². The molecule has 0 unspecified atom stereocenters. The van der Waals surface area contributed by atoms with Gasteiger partial charge in [0.1, 0.15) is 5.75 Å². The molecule has 0 spiro atoms. The SMILES string of the molecule is Cc1ncc(CO)c(CN=N)c1O. The van der Waals surface area contributed by atoms with Gasteiger partial charge < -0.3 is 10.2 Å². The van der Waals surface area contributed by atoms with Crippen molar-refractivity contribution < 1.29 is 10.2 Å². The molecular weight excluding hydrogens is 170 g/mol. The number of aromatic hydroxyl groups is 1. The monoisotopic (exact) mass is 181 g/mol. The van der Waals surface area contributed by atoms with Crippen LogP contribution in [0.2, 0.25) is 0 Å². The van der Waals surface area contributed by atoms with E-state index in [-0.39, 0.29) is 18.9 Å². The number of nitrogens with zero attached hydrogens (tertiary/aromatic N) is 2. The molecule has 5 nitrogen and oxygen atoms in total. The van der Waals surface area contributed by atoms with Gasteiger partial charge in [0.2, 0.25) is 0 Å². The summed E-state index contributed by atoms with van der Waals surface area (Å²) >= 11 is 0. The molecule has 0 aliphatic carbocycles. The third-order valence-electron chi connectivity index (χ3n) is 1.84. The second-order valence-corrected chi connectivity index (χ2v) is 2.67. The molecule has 70 valence electrons. The standard InChI is InChI=1S/C8H11N3O2/c1-5-8(13)7(3-11-9)6(4-12)2-10-5/h2,9,12-13H,3-4H2,1H3. The van der Waals surface area contributed by atoms with Gasteiger partial charge in [0.15, 0.2) is 0 Å². The van der Waals surface area contributed by atoms with Crippen LogP contribution in [-0.2, 0) is 13.2 Å². The van der Waals surface area contributed by atoms with Gasteiger partial charge in [-0.25, -0.2) is 5.53 Å². The summed E-state index contributed by atoms with van der Waals surface area (Å²) in [5.74, 6) is 0.0163. The predicted octanol–water partition coefficient (Wildman–Crippen LogP) is 1.12. The van der Waals surface area contributed by atoms with Crippen LogP contribution in [0.4, 0.5) is 0 Å². The number of aliphatic hydroxyl groups is 1. The maximum Gasteiger partial charge on any atom is 0.142 e. The number of rotatable bonds is 3. The average Bonchev–Trinajstić information content (AvgIpc) is 2.14. The molecule has 1 aromatic rings. The summed E-state index contributed by atoms with van der Waals surface area (Å²) in [6.45, 7) is 1.53. The molecular formula is C8H11N3O2. The van der Waals surface area contributed by atoms with Gasteiger partial charge in [-0.15, -0.1) is 0 Å². The van der Waals surface area contributed by atoms with E-state index in [2.05, 4.69) is 10.1 Å². The summed E-state index contributed by atoms with van der Waals surface area (Å²) in [4.78, 5) is 3.88. The Morgan fingerprint density at radius 2 is 2.31 bits per heavy atom. The maximum atomic E-state index is 9.52. The third-order valence-corrected chi connectivity index (χ3v) is 1.84. The first-order valence-electron chi connectivity index (χ1n) is 3.81. The first-order chi connectivity index (χ1) is 6.20. The molecule has 0 bridgehead atoms. The fourth-order valence-electron chi connectivity index (χ4n) is 1.08. The van der Waals surface area contributed by atoms with E-state index < -0.39 is 0 Å².